The molecule has 0 bridgehead atoms. The van der Waals surface area contributed by atoms with Gasteiger partial charge in [0.2, 0.25) is 17.6 Å². The Morgan fingerprint density at radius 1 is 1.02 bits per heavy atom. The van der Waals surface area contributed by atoms with Gasteiger partial charge in [0.25, 0.3) is 5.91 Å². The molecule has 1 aromatic rings. The van der Waals surface area contributed by atoms with Crippen molar-refractivity contribution in [3.8, 4) is 0 Å². The van der Waals surface area contributed by atoms with E-state index >= 15 is 0 Å². The van der Waals surface area contributed by atoms with Crippen LogP contribution in [-0.4, -0.2) is 65.3 Å². The van der Waals surface area contributed by atoms with Crippen molar-refractivity contribution in [2.45, 2.75) is 96.4 Å². The second kappa shape index (κ2) is 11.2. The first-order valence-electron chi connectivity index (χ1n) is 15.9. The standard InChI is InChI=1S/C33H44N4O6/c1-17-7-6-10-24(17)43-32(42)36-26(21-14-19-8-4-5-9-20(19)15-21)31(41)37-16-22-25(33(22,2)3)27(37)30(40)35-23(13-18-11-12-18)28(38)29(34)39/h4-5,8-9,17-18,21-27H,6-7,10-16H2,1-3H3,(H2,34,39)(H,35,40)(H,36,42). The van der Waals surface area contributed by atoms with Crippen molar-refractivity contribution in [2.24, 2.45) is 40.7 Å². The molecule has 10 heteroatoms. The summed E-state index contributed by atoms with van der Waals surface area (Å²) < 4.78 is 5.80. The molecule has 1 aliphatic heterocycles. The van der Waals surface area contributed by atoms with E-state index in [-0.39, 0.29) is 47.0 Å². The zero-order chi connectivity index (χ0) is 30.6. The maximum absolute atomic E-state index is 14.5. The largest absolute Gasteiger partial charge is 0.446 e. The van der Waals surface area contributed by atoms with Crippen LogP contribution in [-0.2, 0) is 36.8 Å². The number of rotatable bonds is 10. The molecular weight excluding hydrogens is 548 g/mol. The van der Waals surface area contributed by atoms with Gasteiger partial charge in [-0.25, -0.2) is 4.79 Å². The number of nitrogens with one attached hydrogen (secondary N) is 2. The minimum atomic E-state index is -1.07. The smallest absolute Gasteiger partial charge is 0.408 e. The number of fused-ring (bicyclic) bond motifs is 2. The Kier molecular flexibility index (Phi) is 7.75. The number of hydrogen-bond donors (Lipinski definition) is 3. The molecule has 10 nitrogen and oxygen atoms in total. The van der Waals surface area contributed by atoms with Crippen LogP contribution in [0.15, 0.2) is 24.3 Å². The Morgan fingerprint density at radius 2 is 1.70 bits per heavy atom. The molecule has 5 aliphatic rings. The SMILES string of the molecule is CC1CCCC1OC(=O)NC(C(=O)N1CC2C(C1C(=O)NC(CC1CC1)C(=O)C(N)=O)C2(C)C)C1Cc2ccccc2C1. The Morgan fingerprint density at radius 3 is 2.28 bits per heavy atom. The predicted molar refractivity (Wildman–Crippen MR) is 157 cm³/mol. The van der Waals surface area contributed by atoms with E-state index in [0.717, 1.165) is 43.2 Å². The van der Waals surface area contributed by atoms with E-state index in [1.807, 2.05) is 12.1 Å². The van der Waals surface area contributed by atoms with Gasteiger partial charge in [0.15, 0.2) is 0 Å². The topological polar surface area (TPSA) is 148 Å². The second-order valence-electron chi connectivity index (χ2n) is 14.3. The second-order valence-corrected chi connectivity index (χ2v) is 14.3. The van der Waals surface area contributed by atoms with E-state index in [9.17, 15) is 24.0 Å². The zero-order valence-electron chi connectivity index (χ0n) is 25.3. The van der Waals surface area contributed by atoms with Crippen molar-refractivity contribution in [2.75, 3.05) is 6.54 Å². The number of ether oxygens (including phenoxy) is 1. The number of hydrogen-bond acceptors (Lipinski definition) is 6. The number of carbonyl (C=O) groups excluding carboxylic acids is 5. The third-order valence-corrected chi connectivity index (χ3v) is 11.0. The van der Waals surface area contributed by atoms with Crippen molar-refractivity contribution < 1.29 is 28.7 Å². The average molecular weight is 593 g/mol. The molecule has 4 N–H and O–H groups in total. The van der Waals surface area contributed by atoms with Crippen LogP contribution in [0.1, 0.15) is 70.4 Å². The monoisotopic (exact) mass is 592 g/mol. The number of carbonyl (C=O) groups is 5. The molecule has 1 aromatic carbocycles. The molecule has 0 spiro atoms. The maximum Gasteiger partial charge on any atom is 0.408 e. The van der Waals surface area contributed by atoms with Gasteiger partial charge in [-0.15, -0.1) is 0 Å². The number of likely N-dealkylation sites (tertiary alicyclic amines) is 1. The minimum Gasteiger partial charge on any atom is -0.446 e. The molecule has 1 heterocycles. The fourth-order valence-electron chi connectivity index (χ4n) is 8.13. The van der Waals surface area contributed by atoms with Crippen molar-refractivity contribution in [1.29, 1.82) is 0 Å². The molecule has 4 amide bonds. The molecule has 6 rings (SSSR count). The Hall–Kier alpha value is -3.43. The summed E-state index contributed by atoms with van der Waals surface area (Å²) in [5, 5.41) is 5.75. The summed E-state index contributed by atoms with van der Waals surface area (Å²) >= 11 is 0. The van der Waals surface area contributed by atoms with Gasteiger partial charge in [-0.1, -0.05) is 57.9 Å². The highest BCUT2D eigenvalue weighted by molar-refractivity contribution is 6.37. The quantitative estimate of drug-likeness (QED) is 0.356. The number of alkyl carbamates (subject to hydrolysis) is 1. The number of piperidine rings is 1. The number of amides is 4. The van der Waals surface area contributed by atoms with Crippen LogP contribution >= 0.6 is 0 Å². The fraction of sp³-hybridized carbons (Fsp3) is 0.667. The van der Waals surface area contributed by atoms with Crippen LogP contribution in [0.2, 0.25) is 0 Å². The zero-order valence-corrected chi connectivity index (χ0v) is 25.3. The molecule has 7 unspecified atom stereocenters. The first kappa shape index (κ1) is 29.6. The van der Waals surface area contributed by atoms with Crippen molar-refractivity contribution in [3.63, 3.8) is 0 Å². The van der Waals surface area contributed by atoms with E-state index in [1.165, 1.54) is 0 Å². The van der Waals surface area contributed by atoms with Crippen molar-refractivity contribution in [3.05, 3.63) is 35.4 Å². The number of primary amides is 1. The van der Waals surface area contributed by atoms with Crippen LogP contribution in [0.4, 0.5) is 4.79 Å². The molecule has 1 saturated heterocycles. The molecular formula is C33H44N4O6. The predicted octanol–water partition coefficient (Wildman–Crippen LogP) is 2.51. The first-order chi connectivity index (χ1) is 20.5. The molecule has 3 saturated carbocycles. The van der Waals surface area contributed by atoms with Gasteiger partial charge in [-0.3, -0.25) is 19.2 Å². The molecule has 232 valence electrons. The van der Waals surface area contributed by atoms with Gasteiger partial charge in [-0.05, 0) is 84.7 Å². The fourth-order valence-corrected chi connectivity index (χ4v) is 8.13. The highest BCUT2D eigenvalue weighted by Gasteiger charge is 2.70. The summed E-state index contributed by atoms with van der Waals surface area (Å²) in [7, 11) is 0. The van der Waals surface area contributed by atoms with Gasteiger partial charge in [0, 0.05) is 6.54 Å². The van der Waals surface area contributed by atoms with Crippen LogP contribution in [0.25, 0.3) is 0 Å². The third-order valence-electron chi connectivity index (χ3n) is 11.0. The van der Waals surface area contributed by atoms with Gasteiger partial charge in [0.05, 0.1) is 6.04 Å². The highest BCUT2D eigenvalue weighted by atomic mass is 16.6. The van der Waals surface area contributed by atoms with Gasteiger partial charge >= 0.3 is 6.09 Å². The number of nitrogens with two attached hydrogens (primary N) is 1. The van der Waals surface area contributed by atoms with Crippen molar-refractivity contribution in [1.82, 2.24) is 15.5 Å². The first-order valence-corrected chi connectivity index (χ1v) is 15.9. The van der Waals surface area contributed by atoms with E-state index < -0.39 is 41.8 Å². The summed E-state index contributed by atoms with van der Waals surface area (Å²) in [5.74, 6) is -2.26. The third kappa shape index (κ3) is 5.77. The van der Waals surface area contributed by atoms with E-state index in [0.29, 0.717) is 25.8 Å². The summed E-state index contributed by atoms with van der Waals surface area (Å²) in [4.78, 5) is 67.6. The number of Topliss-reactive ketones (excluding diaryl/α,β-unsaturated/α-hetero) is 1. The number of nitrogens with zero attached hydrogens (tertiary/aromatic N) is 1. The normalized spacial score (nSPS) is 30.1. The average Bonchev–Trinajstić information content (AvgIpc) is 3.60. The molecule has 0 aromatic heterocycles. The Labute approximate surface area is 252 Å². The van der Waals surface area contributed by atoms with Crippen LogP contribution < -0.4 is 16.4 Å². The summed E-state index contributed by atoms with van der Waals surface area (Å²) in [6.07, 6.45) is 5.54. The van der Waals surface area contributed by atoms with Crippen LogP contribution in [0.3, 0.4) is 0 Å². The lowest BCUT2D eigenvalue weighted by atomic mass is 9.93. The summed E-state index contributed by atoms with van der Waals surface area (Å²) in [6.45, 7) is 6.63. The molecule has 43 heavy (non-hydrogen) atoms. The summed E-state index contributed by atoms with van der Waals surface area (Å²) in [5.41, 5.74) is 7.47. The number of ketones is 1. The Bertz CT molecular complexity index is 1300. The summed E-state index contributed by atoms with van der Waals surface area (Å²) in [6, 6.07) is 5.36. The minimum absolute atomic E-state index is 0.0885. The lowest BCUT2D eigenvalue weighted by Crippen LogP contribution is -2.59. The van der Waals surface area contributed by atoms with Gasteiger partial charge in [-0.2, -0.15) is 0 Å². The van der Waals surface area contributed by atoms with Crippen LogP contribution in [0.5, 0.6) is 0 Å². The maximum atomic E-state index is 14.5. The lowest BCUT2D eigenvalue weighted by molar-refractivity contribution is -0.144. The lowest BCUT2D eigenvalue weighted by Gasteiger charge is -2.35. The molecule has 4 fully saturated rings. The molecule has 4 aliphatic carbocycles. The van der Waals surface area contributed by atoms with E-state index in [2.05, 4.69) is 43.5 Å². The Balaban J connectivity index is 1.24. The van der Waals surface area contributed by atoms with E-state index in [1.54, 1.807) is 4.90 Å². The van der Waals surface area contributed by atoms with Gasteiger partial charge in [0.1, 0.15) is 18.2 Å². The van der Waals surface area contributed by atoms with Gasteiger partial charge < -0.3 is 26.0 Å². The molecule has 0 radical (unpaired) electrons. The van der Waals surface area contributed by atoms with Crippen molar-refractivity contribution >= 4 is 29.6 Å². The highest BCUT2D eigenvalue weighted by Crippen LogP contribution is 2.65. The van der Waals surface area contributed by atoms with Crippen LogP contribution in [0, 0.1) is 35.0 Å². The number of benzene rings is 1. The molecule has 7 atom stereocenters. The van der Waals surface area contributed by atoms with E-state index in [4.69, 9.17) is 10.5 Å².